The molecule has 0 spiro atoms. The summed E-state index contributed by atoms with van der Waals surface area (Å²) in [5.41, 5.74) is 8.32. The third-order valence-corrected chi connectivity index (χ3v) is 4.86. The second-order valence-corrected chi connectivity index (χ2v) is 6.93. The van der Waals surface area contributed by atoms with E-state index in [4.69, 9.17) is 5.73 Å². The van der Waals surface area contributed by atoms with E-state index in [1.54, 1.807) is 4.90 Å². The average molecular weight is 343 g/mol. The summed E-state index contributed by atoms with van der Waals surface area (Å²) in [6.45, 7) is 4.00. The van der Waals surface area contributed by atoms with Gasteiger partial charge in [-0.3, -0.25) is 9.59 Å². The van der Waals surface area contributed by atoms with Crippen molar-refractivity contribution in [3.63, 3.8) is 0 Å². The van der Waals surface area contributed by atoms with E-state index in [0.717, 1.165) is 10.0 Å². The molecular formula is C13H15BrN2O2S. The molecule has 6 heteroatoms. The molecule has 102 valence electrons. The largest absolute Gasteiger partial charge is 0.397 e. The Balaban J connectivity index is 2.25. The van der Waals surface area contributed by atoms with Gasteiger partial charge in [-0.05, 0) is 24.6 Å². The summed E-state index contributed by atoms with van der Waals surface area (Å²) < 4.78 is 0.923. The smallest absolute Gasteiger partial charge is 0.228 e. The minimum Gasteiger partial charge on any atom is -0.397 e. The molecule has 0 saturated carbocycles. The Bertz CT molecular complexity index is 548. The maximum absolute atomic E-state index is 12.0. The molecule has 1 amide bonds. The molecule has 1 atom stereocenters. The van der Waals surface area contributed by atoms with Crippen LogP contribution in [0.1, 0.15) is 18.9 Å². The number of benzene rings is 1. The molecule has 1 unspecified atom stereocenters. The Labute approximate surface area is 124 Å². The Morgan fingerprint density at radius 2 is 2.21 bits per heavy atom. The molecular weight excluding hydrogens is 328 g/mol. The third-order valence-electron chi connectivity index (χ3n) is 3.02. The van der Waals surface area contributed by atoms with Crippen LogP contribution in [0.2, 0.25) is 0 Å². The Morgan fingerprint density at radius 3 is 2.84 bits per heavy atom. The van der Waals surface area contributed by atoms with Crippen molar-refractivity contribution >= 4 is 50.1 Å². The van der Waals surface area contributed by atoms with Crippen LogP contribution >= 0.6 is 27.7 Å². The third kappa shape index (κ3) is 3.12. The van der Waals surface area contributed by atoms with Gasteiger partial charge in [0.05, 0.1) is 11.4 Å². The number of carbonyl (C=O) groups is 2. The van der Waals surface area contributed by atoms with Gasteiger partial charge in [0.1, 0.15) is 0 Å². The van der Waals surface area contributed by atoms with Gasteiger partial charge in [-0.1, -0.05) is 27.7 Å². The van der Waals surface area contributed by atoms with E-state index in [-0.39, 0.29) is 16.3 Å². The SMILES string of the molecule is CC(=O)SC1CC(=O)N(c2cc(Br)c(C)cc2N)C1. The van der Waals surface area contributed by atoms with Gasteiger partial charge in [0.25, 0.3) is 0 Å². The van der Waals surface area contributed by atoms with Crippen LogP contribution in [0.5, 0.6) is 0 Å². The standard InChI is InChI=1S/C13H15BrN2O2S/c1-7-3-11(15)12(5-10(7)14)16-6-9(4-13(16)18)19-8(2)17/h3,5,9H,4,6,15H2,1-2H3. The first-order valence-corrected chi connectivity index (χ1v) is 7.59. The summed E-state index contributed by atoms with van der Waals surface area (Å²) in [6.07, 6.45) is 0.384. The maximum atomic E-state index is 12.0. The second kappa shape index (κ2) is 5.54. The number of rotatable bonds is 2. The lowest BCUT2D eigenvalue weighted by Gasteiger charge is -2.19. The fourth-order valence-electron chi connectivity index (χ4n) is 2.15. The number of amides is 1. The van der Waals surface area contributed by atoms with Crippen LogP contribution in [-0.2, 0) is 9.59 Å². The van der Waals surface area contributed by atoms with E-state index in [2.05, 4.69) is 15.9 Å². The molecule has 0 bridgehead atoms. The number of nitrogens with two attached hydrogens (primary N) is 1. The molecule has 1 heterocycles. The number of thioether (sulfide) groups is 1. The summed E-state index contributed by atoms with van der Waals surface area (Å²) in [5.74, 6) is 0.0150. The number of aryl methyl sites for hydroxylation is 1. The first kappa shape index (κ1) is 14.4. The summed E-state index contributed by atoms with van der Waals surface area (Å²) in [7, 11) is 0. The van der Waals surface area contributed by atoms with Crippen LogP contribution in [0, 0.1) is 6.92 Å². The lowest BCUT2D eigenvalue weighted by molar-refractivity contribution is -0.117. The summed E-state index contributed by atoms with van der Waals surface area (Å²) in [5, 5.41) is 0.0576. The zero-order valence-electron chi connectivity index (χ0n) is 10.8. The Kier molecular flexibility index (Phi) is 4.20. The predicted octanol–water partition coefficient (Wildman–Crippen LogP) is 2.72. The van der Waals surface area contributed by atoms with E-state index in [0.29, 0.717) is 24.3 Å². The molecule has 1 fully saturated rings. The molecule has 1 aliphatic rings. The van der Waals surface area contributed by atoms with Crippen molar-refractivity contribution in [2.24, 2.45) is 0 Å². The van der Waals surface area contributed by atoms with Crippen molar-refractivity contribution in [3.8, 4) is 0 Å². The van der Waals surface area contributed by atoms with Crippen LogP contribution in [0.3, 0.4) is 0 Å². The monoisotopic (exact) mass is 342 g/mol. The van der Waals surface area contributed by atoms with Crippen molar-refractivity contribution in [3.05, 3.63) is 22.2 Å². The number of nitrogen functional groups attached to an aromatic ring is 1. The van der Waals surface area contributed by atoms with E-state index >= 15 is 0 Å². The van der Waals surface area contributed by atoms with Gasteiger partial charge >= 0.3 is 0 Å². The Hall–Kier alpha value is -1.01. The number of anilines is 2. The van der Waals surface area contributed by atoms with Crippen molar-refractivity contribution in [1.82, 2.24) is 0 Å². The quantitative estimate of drug-likeness (QED) is 0.839. The molecule has 19 heavy (non-hydrogen) atoms. The lowest BCUT2D eigenvalue weighted by atomic mass is 10.2. The molecule has 2 N–H and O–H groups in total. The highest BCUT2D eigenvalue weighted by Crippen LogP contribution is 2.35. The van der Waals surface area contributed by atoms with E-state index in [1.807, 2.05) is 19.1 Å². The Morgan fingerprint density at radius 1 is 1.53 bits per heavy atom. The van der Waals surface area contributed by atoms with Gasteiger partial charge in [0.15, 0.2) is 5.12 Å². The predicted molar refractivity (Wildman–Crippen MR) is 82.3 cm³/mol. The highest BCUT2D eigenvalue weighted by atomic mass is 79.9. The first-order chi connectivity index (χ1) is 8.88. The zero-order chi connectivity index (χ0) is 14.2. The van der Waals surface area contributed by atoms with Crippen LogP contribution < -0.4 is 10.6 Å². The summed E-state index contributed by atoms with van der Waals surface area (Å²) in [4.78, 5) is 24.8. The first-order valence-electron chi connectivity index (χ1n) is 5.91. The van der Waals surface area contributed by atoms with Crippen molar-refractivity contribution in [2.45, 2.75) is 25.5 Å². The average Bonchev–Trinajstić information content (AvgIpc) is 2.63. The zero-order valence-corrected chi connectivity index (χ0v) is 13.2. The van der Waals surface area contributed by atoms with Crippen molar-refractivity contribution < 1.29 is 9.59 Å². The van der Waals surface area contributed by atoms with Crippen LogP contribution in [0.4, 0.5) is 11.4 Å². The normalized spacial score (nSPS) is 19.0. The molecule has 0 aromatic heterocycles. The lowest BCUT2D eigenvalue weighted by Crippen LogP contribution is -2.26. The van der Waals surface area contributed by atoms with E-state index in [9.17, 15) is 9.59 Å². The highest BCUT2D eigenvalue weighted by molar-refractivity contribution is 9.10. The highest BCUT2D eigenvalue weighted by Gasteiger charge is 2.32. The second-order valence-electron chi connectivity index (χ2n) is 4.60. The summed E-state index contributed by atoms with van der Waals surface area (Å²) in [6, 6.07) is 3.71. The molecule has 2 rings (SSSR count). The molecule has 0 aliphatic carbocycles. The fourth-order valence-corrected chi connectivity index (χ4v) is 3.40. The van der Waals surface area contributed by atoms with Crippen LogP contribution in [0.25, 0.3) is 0 Å². The van der Waals surface area contributed by atoms with Gasteiger partial charge in [0, 0.05) is 29.6 Å². The van der Waals surface area contributed by atoms with Crippen molar-refractivity contribution in [1.29, 1.82) is 0 Å². The number of carbonyl (C=O) groups excluding carboxylic acids is 2. The number of halogens is 1. The number of hydrogen-bond donors (Lipinski definition) is 1. The van der Waals surface area contributed by atoms with E-state index < -0.39 is 0 Å². The molecule has 1 saturated heterocycles. The van der Waals surface area contributed by atoms with Gasteiger partial charge in [-0.15, -0.1) is 0 Å². The van der Waals surface area contributed by atoms with E-state index in [1.165, 1.54) is 18.7 Å². The fraction of sp³-hybridized carbons (Fsp3) is 0.385. The molecule has 0 radical (unpaired) electrons. The van der Waals surface area contributed by atoms with Crippen LogP contribution in [0.15, 0.2) is 16.6 Å². The van der Waals surface area contributed by atoms with Gasteiger partial charge in [0.2, 0.25) is 5.91 Å². The topological polar surface area (TPSA) is 63.4 Å². The molecule has 1 aliphatic heterocycles. The number of nitrogens with zero attached hydrogens (tertiary/aromatic N) is 1. The molecule has 1 aromatic rings. The van der Waals surface area contributed by atoms with Gasteiger partial charge < -0.3 is 10.6 Å². The minimum atomic E-state index is 0.0150. The van der Waals surface area contributed by atoms with Crippen molar-refractivity contribution in [2.75, 3.05) is 17.2 Å². The molecule has 4 nitrogen and oxygen atoms in total. The van der Waals surface area contributed by atoms with Crippen LogP contribution in [-0.4, -0.2) is 22.8 Å². The van der Waals surface area contributed by atoms with Gasteiger partial charge in [-0.2, -0.15) is 0 Å². The number of hydrogen-bond acceptors (Lipinski definition) is 4. The van der Waals surface area contributed by atoms with Gasteiger partial charge in [-0.25, -0.2) is 0 Å². The molecule has 1 aromatic carbocycles. The maximum Gasteiger partial charge on any atom is 0.228 e. The summed E-state index contributed by atoms with van der Waals surface area (Å²) >= 11 is 4.67. The minimum absolute atomic E-state index is 0.0150.